The fraction of sp³-hybridized carbons (Fsp3) is 0.609. The lowest BCUT2D eigenvalue weighted by Crippen LogP contribution is -2.57. The number of aliphatic carboxylic acids is 2. The fourth-order valence-electron chi connectivity index (χ4n) is 3.56. The first-order valence-electron chi connectivity index (χ1n) is 12.4. The van der Waals surface area contributed by atoms with Crippen molar-refractivity contribution in [2.45, 2.75) is 76.5 Å². The van der Waals surface area contributed by atoms with E-state index in [0.717, 1.165) is 0 Å². The molecule has 0 aliphatic rings. The van der Waals surface area contributed by atoms with E-state index in [9.17, 15) is 29.1 Å². The Labute approximate surface area is 225 Å². The van der Waals surface area contributed by atoms with Crippen LogP contribution in [0.4, 0.5) is 0 Å². The molecule has 0 saturated carbocycles. The largest absolute Gasteiger partial charge is 0.481 e. The van der Waals surface area contributed by atoms with Crippen molar-refractivity contribution in [1.82, 2.24) is 25.9 Å². The molecular weight excluding hydrogens is 514 g/mol. The number of amides is 3. The van der Waals surface area contributed by atoms with Gasteiger partial charge in [-0.1, -0.05) is 13.8 Å². The van der Waals surface area contributed by atoms with Crippen molar-refractivity contribution >= 4 is 35.6 Å². The average molecular weight is 554 g/mol. The van der Waals surface area contributed by atoms with Gasteiger partial charge in [-0.2, -0.15) is 0 Å². The number of aromatic amines is 1. The van der Waals surface area contributed by atoms with Crippen LogP contribution in [-0.2, 0) is 30.4 Å². The van der Waals surface area contributed by atoms with Crippen molar-refractivity contribution < 1.29 is 34.2 Å². The van der Waals surface area contributed by atoms with Gasteiger partial charge in [0.05, 0.1) is 12.4 Å². The molecule has 1 rings (SSSR count). The number of carbonyl (C=O) groups excluding carboxylic acids is 3. The lowest BCUT2D eigenvalue weighted by Gasteiger charge is -2.25. The SMILES string of the molecule is CC(C)CC(N)C(=O)NC(CCCN=C(N)N)C(=O)NC(Cc1cnc[nH]1)C(=O)NC(CCC(=O)O)C(=O)O. The molecule has 0 aliphatic carbocycles. The van der Waals surface area contributed by atoms with Crippen LogP contribution >= 0.6 is 0 Å². The highest BCUT2D eigenvalue weighted by Gasteiger charge is 2.31. The Morgan fingerprint density at radius 1 is 0.974 bits per heavy atom. The number of nitrogens with two attached hydrogens (primary N) is 3. The molecule has 1 aromatic heterocycles. The van der Waals surface area contributed by atoms with Gasteiger partial charge in [0.1, 0.15) is 18.1 Å². The van der Waals surface area contributed by atoms with Gasteiger partial charge in [-0.25, -0.2) is 9.78 Å². The molecule has 0 saturated heterocycles. The van der Waals surface area contributed by atoms with Crippen LogP contribution in [0.1, 0.15) is 51.6 Å². The van der Waals surface area contributed by atoms with Crippen LogP contribution in [0.2, 0.25) is 0 Å². The van der Waals surface area contributed by atoms with E-state index >= 15 is 0 Å². The maximum absolute atomic E-state index is 13.3. The second kappa shape index (κ2) is 16.6. The smallest absolute Gasteiger partial charge is 0.326 e. The van der Waals surface area contributed by atoms with Crippen molar-refractivity contribution in [3.63, 3.8) is 0 Å². The van der Waals surface area contributed by atoms with Gasteiger partial charge in [-0.05, 0) is 31.6 Å². The zero-order valence-corrected chi connectivity index (χ0v) is 22.1. The van der Waals surface area contributed by atoms with Gasteiger partial charge >= 0.3 is 11.9 Å². The summed E-state index contributed by atoms with van der Waals surface area (Å²) in [4.78, 5) is 72.0. The molecule has 1 aromatic rings. The molecule has 3 amide bonds. The predicted molar refractivity (Wildman–Crippen MR) is 140 cm³/mol. The third-order valence-corrected chi connectivity index (χ3v) is 5.51. The number of aromatic nitrogens is 2. The Hall–Kier alpha value is -4.21. The van der Waals surface area contributed by atoms with E-state index < -0.39 is 60.2 Å². The minimum Gasteiger partial charge on any atom is -0.481 e. The molecule has 218 valence electrons. The number of carboxylic acids is 2. The van der Waals surface area contributed by atoms with Crippen LogP contribution in [-0.4, -0.2) is 86.5 Å². The molecule has 0 fully saturated rings. The van der Waals surface area contributed by atoms with Gasteiger partial charge in [0.2, 0.25) is 17.7 Å². The van der Waals surface area contributed by atoms with Crippen LogP contribution in [0.15, 0.2) is 17.5 Å². The molecule has 39 heavy (non-hydrogen) atoms. The van der Waals surface area contributed by atoms with Crippen LogP contribution < -0.4 is 33.2 Å². The average Bonchev–Trinajstić information content (AvgIpc) is 3.35. The number of hydrogen-bond acceptors (Lipinski definition) is 8. The third kappa shape index (κ3) is 13.2. The number of guanidine groups is 1. The number of carbonyl (C=O) groups is 5. The van der Waals surface area contributed by atoms with E-state index in [-0.39, 0.29) is 37.7 Å². The van der Waals surface area contributed by atoms with Crippen LogP contribution in [0.25, 0.3) is 0 Å². The molecule has 12 N–H and O–H groups in total. The maximum atomic E-state index is 13.3. The molecule has 16 nitrogen and oxygen atoms in total. The number of H-pyrrole nitrogens is 1. The van der Waals surface area contributed by atoms with E-state index in [2.05, 4.69) is 30.9 Å². The molecule has 1 heterocycles. The van der Waals surface area contributed by atoms with Crippen LogP contribution in [0, 0.1) is 5.92 Å². The zero-order chi connectivity index (χ0) is 29.5. The van der Waals surface area contributed by atoms with E-state index in [4.69, 9.17) is 22.3 Å². The molecule has 0 aliphatic heterocycles. The summed E-state index contributed by atoms with van der Waals surface area (Å²) in [6.07, 6.45) is 2.64. The Bertz CT molecular complexity index is 994. The number of imidazole rings is 1. The summed E-state index contributed by atoms with van der Waals surface area (Å²) in [5.74, 6) is -4.80. The lowest BCUT2D eigenvalue weighted by molar-refractivity contribution is -0.143. The number of nitrogens with one attached hydrogen (secondary N) is 4. The predicted octanol–water partition coefficient (Wildman–Crippen LogP) is -2.22. The number of hydrogen-bond donors (Lipinski definition) is 9. The normalized spacial score (nSPS) is 13.9. The molecule has 16 heteroatoms. The zero-order valence-electron chi connectivity index (χ0n) is 22.1. The molecule has 0 spiro atoms. The second-order valence-electron chi connectivity index (χ2n) is 9.42. The summed E-state index contributed by atoms with van der Waals surface area (Å²) in [6.45, 7) is 3.97. The maximum Gasteiger partial charge on any atom is 0.326 e. The Morgan fingerprint density at radius 3 is 2.13 bits per heavy atom. The van der Waals surface area contributed by atoms with E-state index in [1.807, 2.05) is 13.8 Å². The monoisotopic (exact) mass is 553 g/mol. The molecule has 0 bridgehead atoms. The second-order valence-corrected chi connectivity index (χ2v) is 9.42. The standard InChI is InChI=1S/C23H39N9O7/c1-12(2)8-14(24)19(35)30-15(4-3-7-28-23(25)26)20(36)32-17(9-13-10-27-11-29-13)21(37)31-16(22(38)39)5-6-18(33)34/h10-12,14-17H,3-9,24H2,1-2H3,(H,27,29)(H,30,35)(H,31,37)(H,32,36)(H,33,34)(H,38,39)(H4,25,26,28). The number of nitrogens with zero attached hydrogens (tertiary/aromatic N) is 2. The van der Waals surface area contributed by atoms with Crippen molar-refractivity contribution in [3.05, 3.63) is 18.2 Å². The van der Waals surface area contributed by atoms with Gasteiger partial charge in [0.15, 0.2) is 5.96 Å². The molecule has 0 aromatic carbocycles. The number of rotatable bonds is 18. The van der Waals surface area contributed by atoms with Gasteiger partial charge in [-0.15, -0.1) is 0 Å². The van der Waals surface area contributed by atoms with Crippen LogP contribution in [0.3, 0.4) is 0 Å². The summed E-state index contributed by atoms with van der Waals surface area (Å²) >= 11 is 0. The lowest BCUT2D eigenvalue weighted by atomic mass is 10.0. The van der Waals surface area contributed by atoms with Gasteiger partial charge in [-0.3, -0.25) is 24.2 Å². The summed E-state index contributed by atoms with van der Waals surface area (Å²) in [5.41, 5.74) is 17.1. The van der Waals surface area contributed by atoms with Crippen molar-refractivity contribution in [2.24, 2.45) is 28.1 Å². The molecule has 4 atom stereocenters. The fourth-order valence-corrected chi connectivity index (χ4v) is 3.56. The van der Waals surface area contributed by atoms with Gasteiger partial charge < -0.3 is 48.3 Å². The molecular formula is C23H39N9O7. The quantitative estimate of drug-likeness (QED) is 0.0533. The Morgan fingerprint density at radius 2 is 1.59 bits per heavy atom. The van der Waals surface area contributed by atoms with E-state index in [1.165, 1.54) is 12.5 Å². The highest BCUT2D eigenvalue weighted by Crippen LogP contribution is 2.07. The Balaban J connectivity index is 3.10. The third-order valence-electron chi connectivity index (χ3n) is 5.51. The first-order chi connectivity index (χ1) is 18.3. The minimum absolute atomic E-state index is 0.0929. The summed E-state index contributed by atoms with van der Waals surface area (Å²) in [6, 6.07) is -4.76. The van der Waals surface area contributed by atoms with Gasteiger partial charge in [0, 0.05) is 31.3 Å². The topological polar surface area (TPSA) is 281 Å². The number of carboxylic acid groups (broad SMARTS) is 2. The highest BCUT2D eigenvalue weighted by molar-refractivity contribution is 5.94. The number of aliphatic imine (C=N–C) groups is 1. The Kier molecular flexibility index (Phi) is 14.0. The minimum atomic E-state index is -1.50. The van der Waals surface area contributed by atoms with E-state index in [1.54, 1.807) is 0 Å². The molecule has 4 unspecified atom stereocenters. The molecule has 0 radical (unpaired) electrons. The van der Waals surface area contributed by atoms with Gasteiger partial charge in [0.25, 0.3) is 0 Å². The summed E-state index contributed by atoms with van der Waals surface area (Å²) in [7, 11) is 0. The van der Waals surface area contributed by atoms with Crippen molar-refractivity contribution in [2.75, 3.05) is 6.54 Å². The summed E-state index contributed by atoms with van der Waals surface area (Å²) in [5, 5.41) is 25.7. The van der Waals surface area contributed by atoms with Crippen LogP contribution in [0.5, 0.6) is 0 Å². The van der Waals surface area contributed by atoms with Crippen molar-refractivity contribution in [1.29, 1.82) is 0 Å². The van der Waals surface area contributed by atoms with E-state index in [0.29, 0.717) is 18.5 Å². The first kappa shape index (κ1) is 32.8. The first-order valence-corrected chi connectivity index (χ1v) is 12.4. The summed E-state index contributed by atoms with van der Waals surface area (Å²) < 4.78 is 0. The van der Waals surface area contributed by atoms with Crippen molar-refractivity contribution in [3.8, 4) is 0 Å². The highest BCUT2D eigenvalue weighted by atomic mass is 16.4.